The minimum absolute atomic E-state index is 0.0328. The quantitative estimate of drug-likeness (QED) is 0.498. The summed E-state index contributed by atoms with van der Waals surface area (Å²) in [5.74, 6) is -0.998. The van der Waals surface area contributed by atoms with E-state index in [1.54, 1.807) is 6.92 Å². The molecule has 2 aromatic rings. The maximum absolute atomic E-state index is 12.6. The third-order valence-electron chi connectivity index (χ3n) is 7.33. The number of hydrogen-bond donors (Lipinski definition) is 2. The zero-order valence-electron chi connectivity index (χ0n) is 20.3. The van der Waals surface area contributed by atoms with Gasteiger partial charge in [-0.1, -0.05) is 55.0 Å². The Morgan fingerprint density at radius 1 is 1.00 bits per heavy atom. The van der Waals surface area contributed by atoms with Crippen molar-refractivity contribution >= 4 is 18.0 Å². The maximum Gasteiger partial charge on any atom is 0.407 e. The highest BCUT2D eigenvalue weighted by Crippen LogP contribution is 2.44. The highest BCUT2D eigenvalue weighted by Gasteiger charge is 2.43. The largest absolute Gasteiger partial charge is 0.480 e. The number of nitrogens with zero attached hydrogens (tertiary/aromatic N) is 1. The number of fused-ring (bicyclic) bond motifs is 3. The van der Waals surface area contributed by atoms with Crippen LogP contribution < -0.4 is 5.32 Å². The smallest absolute Gasteiger partial charge is 0.407 e. The van der Waals surface area contributed by atoms with Crippen molar-refractivity contribution in [1.29, 1.82) is 0 Å². The van der Waals surface area contributed by atoms with Crippen molar-refractivity contribution in [3.05, 3.63) is 59.7 Å². The Morgan fingerprint density at radius 3 is 2.31 bits per heavy atom. The number of piperidine rings is 1. The minimum atomic E-state index is -1.10. The first-order valence-electron chi connectivity index (χ1n) is 12.5. The number of amides is 2. The molecule has 2 aliphatic rings. The van der Waals surface area contributed by atoms with E-state index in [4.69, 9.17) is 4.74 Å². The molecule has 1 aliphatic carbocycles. The first-order chi connectivity index (χ1) is 16.9. The number of carbonyl (C=O) groups excluding carboxylic acids is 2. The van der Waals surface area contributed by atoms with E-state index in [9.17, 15) is 19.5 Å². The van der Waals surface area contributed by atoms with Crippen LogP contribution in [0, 0.1) is 0 Å². The Kier molecular flexibility index (Phi) is 7.73. The molecular formula is C28H34N2O5. The SMILES string of the molecule is CC1(C(=O)O)CCCCN1C(=O)CCCCCNC(=O)OCC1c2ccccc2-c2ccccc21. The first-order valence-corrected chi connectivity index (χ1v) is 12.5. The van der Waals surface area contributed by atoms with Crippen LogP contribution in [0.2, 0.25) is 0 Å². The van der Waals surface area contributed by atoms with Crippen molar-refractivity contribution in [1.82, 2.24) is 10.2 Å². The molecule has 1 aliphatic heterocycles. The fraction of sp³-hybridized carbons (Fsp3) is 0.464. The van der Waals surface area contributed by atoms with Gasteiger partial charge in [0.15, 0.2) is 0 Å². The molecule has 2 aromatic carbocycles. The van der Waals surface area contributed by atoms with Crippen LogP contribution in [0.25, 0.3) is 11.1 Å². The van der Waals surface area contributed by atoms with Crippen LogP contribution in [0.15, 0.2) is 48.5 Å². The minimum Gasteiger partial charge on any atom is -0.480 e. The van der Waals surface area contributed by atoms with Crippen LogP contribution in [0.4, 0.5) is 4.79 Å². The first kappa shape index (κ1) is 24.8. The molecule has 1 heterocycles. The van der Waals surface area contributed by atoms with Gasteiger partial charge in [-0.2, -0.15) is 0 Å². The lowest BCUT2D eigenvalue weighted by atomic mass is 9.88. The summed E-state index contributed by atoms with van der Waals surface area (Å²) in [6, 6.07) is 16.5. The fourth-order valence-corrected chi connectivity index (χ4v) is 5.30. The monoisotopic (exact) mass is 478 g/mol. The molecule has 7 heteroatoms. The average Bonchev–Trinajstić information content (AvgIpc) is 3.18. The second-order valence-corrected chi connectivity index (χ2v) is 9.64. The Hall–Kier alpha value is -3.35. The summed E-state index contributed by atoms with van der Waals surface area (Å²) in [6.45, 7) is 2.91. The summed E-state index contributed by atoms with van der Waals surface area (Å²) < 4.78 is 5.54. The average molecular weight is 479 g/mol. The number of hydrogen-bond acceptors (Lipinski definition) is 4. The summed E-state index contributed by atoms with van der Waals surface area (Å²) in [7, 11) is 0. The number of aliphatic carboxylic acids is 1. The van der Waals surface area contributed by atoms with Crippen molar-refractivity contribution in [2.45, 2.75) is 63.3 Å². The van der Waals surface area contributed by atoms with E-state index < -0.39 is 17.6 Å². The molecular weight excluding hydrogens is 444 g/mol. The third kappa shape index (κ3) is 5.34. The predicted octanol–water partition coefficient (Wildman–Crippen LogP) is 4.94. The number of rotatable bonds is 9. The molecule has 0 aromatic heterocycles. The van der Waals surface area contributed by atoms with Crippen molar-refractivity contribution < 1.29 is 24.2 Å². The molecule has 0 spiro atoms. The molecule has 2 N–H and O–H groups in total. The van der Waals surface area contributed by atoms with Crippen molar-refractivity contribution in [2.24, 2.45) is 0 Å². The van der Waals surface area contributed by atoms with Gasteiger partial charge in [-0.15, -0.1) is 0 Å². The molecule has 0 bridgehead atoms. The van der Waals surface area contributed by atoms with Gasteiger partial charge in [-0.25, -0.2) is 9.59 Å². The summed E-state index contributed by atoms with van der Waals surface area (Å²) in [6.07, 6.45) is 4.23. The summed E-state index contributed by atoms with van der Waals surface area (Å²) in [5, 5.41) is 12.4. The van der Waals surface area contributed by atoms with Crippen LogP contribution in [0.5, 0.6) is 0 Å². The lowest BCUT2D eigenvalue weighted by Crippen LogP contribution is -2.57. The second kappa shape index (κ2) is 10.9. The van der Waals surface area contributed by atoms with Crippen LogP contribution in [-0.2, 0) is 14.3 Å². The van der Waals surface area contributed by atoms with Gasteiger partial charge in [0.2, 0.25) is 5.91 Å². The third-order valence-corrected chi connectivity index (χ3v) is 7.33. The lowest BCUT2D eigenvalue weighted by Gasteiger charge is -2.41. The molecule has 1 atom stereocenters. The number of nitrogens with one attached hydrogen (secondary N) is 1. The number of carbonyl (C=O) groups is 3. The zero-order valence-corrected chi connectivity index (χ0v) is 20.3. The van der Waals surface area contributed by atoms with Crippen molar-refractivity contribution in [3.63, 3.8) is 0 Å². The highest BCUT2D eigenvalue weighted by atomic mass is 16.5. The second-order valence-electron chi connectivity index (χ2n) is 9.64. The number of benzene rings is 2. The van der Waals surface area contributed by atoms with Gasteiger partial charge in [0.05, 0.1) is 0 Å². The van der Waals surface area contributed by atoms with Gasteiger partial charge in [0, 0.05) is 25.4 Å². The predicted molar refractivity (Wildman–Crippen MR) is 133 cm³/mol. The van der Waals surface area contributed by atoms with E-state index in [0.29, 0.717) is 32.4 Å². The number of likely N-dealkylation sites (tertiary alicyclic amines) is 1. The Labute approximate surface area is 206 Å². The van der Waals surface area contributed by atoms with Gasteiger partial charge in [0.25, 0.3) is 0 Å². The molecule has 1 unspecified atom stereocenters. The number of carboxylic acids is 1. The summed E-state index contributed by atoms with van der Waals surface area (Å²) in [4.78, 5) is 38.1. The van der Waals surface area contributed by atoms with Gasteiger partial charge in [0.1, 0.15) is 12.1 Å². The Bertz CT molecular complexity index is 1040. The van der Waals surface area contributed by atoms with Crippen LogP contribution in [0.3, 0.4) is 0 Å². The van der Waals surface area contributed by atoms with Gasteiger partial charge < -0.3 is 20.1 Å². The molecule has 0 saturated carbocycles. The van der Waals surface area contributed by atoms with Gasteiger partial charge in [-0.3, -0.25) is 4.79 Å². The van der Waals surface area contributed by atoms with Crippen LogP contribution in [-0.4, -0.2) is 53.2 Å². The Balaban J connectivity index is 1.16. The molecule has 2 amide bonds. The standard InChI is InChI=1S/C28H34N2O5/c1-28(26(32)33)16-8-10-18-30(28)25(31)15-3-2-9-17-29-27(34)35-19-24-22-13-6-4-11-20(22)21-12-5-7-14-23(21)24/h4-7,11-14,24H,2-3,8-10,15-19H2,1H3,(H,29,34)(H,32,33). The number of alkyl carbamates (subject to hydrolysis) is 1. The lowest BCUT2D eigenvalue weighted by molar-refractivity contribution is -0.161. The van der Waals surface area contributed by atoms with Gasteiger partial charge >= 0.3 is 12.1 Å². The van der Waals surface area contributed by atoms with Gasteiger partial charge in [-0.05, 0) is 61.3 Å². The van der Waals surface area contributed by atoms with Crippen LogP contribution >= 0.6 is 0 Å². The van der Waals surface area contributed by atoms with Crippen molar-refractivity contribution in [3.8, 4) is 11.1 Å². The zero-order chi connectivity index (χ0) is 24.8. The van der Waals surface area contributed by atoms with E-state index in [2.05, 4.69) is 29.6 Å². The Morgan fingerprint density at radius 2 is 1.66 bits per heavy atom. The molecule has 35 heavy (non-hydrogen) atoms. The topological polar surface area (TPSA) is 95.9 Å². The highest BCUT2D eigenvalue weighted by molar-refractivity contribution is 5.87. The van der Waals surface area contributed by atoms with Crippen molar-refractivity contribution in [2.75, 3.05) is 19.7 Å². The van der Waals surface area contributed by atoms with E-state index in [1.165, 1.54) is 27.2 Å². The maximum atomic E-state index is 12.6. The molecule has 4 rings (SSSR count). The van der Waals surface area contributed by atoms with E-state index in [-0.39, 0.29) is 18.4 Å². The van der Waals surface area contributed by atoms with E-state index in [1.807, 2.05) is 24.3 Å². The van der Waals surface area contributed by atoms with Crippen LogP contribution in [0.1, 0.15) is 68.9 Å². The molecule has 7 nitrogen and oxygen atoms in total. The normalized spacial score (nSPS) is 19.1. The number of unbranched alkanes of at least 4 members (excludes halogenated alkanes) is 2. The molecule has 1 saturated heterocycles. The molecule has 0 radical (unpaired) electrons. The number of ether oxygens (including phenoxy) is 1. The fourth-order valence-electron chi connectivity index (χ4n) is 5.30. The van der Waals surface area contributed by atoms with E-state index >= 15 is 0 Å². The summed E-state index contributed by atoms with van der Waals surface area (Å²) in [5.41, 5.74) is 3.65. The molecule has 1 fully saturated rings. The summed E-state index contributed by atoms with van der Waals surface area (Å²) >= 11 is 0. The molecule has 186 valence electrons. The number of carboxylic acid groups (broad SMARTS) is 1. The van der Waals surface area contributed by atoms with E-state index in [0.717, 1.165) is 25.7 Å².